The smallest absolute Gasteiger partial charge is 0.0602 e. The Balaban J connectivity index is 1.95. The summed E-state index contributed by atoms with van der Waals surface area (Å²) in [4.78, 5) is 2.37. The highest BCUT2D eigenvalue weighted by Gasteiger charge is 2.32. The monoisotopic (exact) mass is 325 g/mol. The van der Waals surface area contributed by atoms with Crippen molar-refractivity contribution in [1.29, 1.82) is 0 Å². The Hall–Kier alpha value is -0.730. The lowest BCUT2D eigenvalue weighted by Gasteiger charge is -2.42. The first-order chi connectivity index (χ1) is 9.63. The molecule has 20 heavy (non-hydrogen) atoms. The van der Waals surface area contributed by atoms with Gasteiger partial charge in [0.2, 0.25) is 0 Å². The van der Waals surface area contributed by atoms with E-state index in [2.05, 4.69) is 29.2 Å². The summed E-state index contributed by atoms with van der Waals surface area (Å²) in [6.45, 7) is 1.80. The third kappa shape index (κ3) is 2.96. The van der Waals surface area contributed by atoms with Crippen molar-refractivity contribution >= 4 is 34.8 Å². The number of benzene rings is 2. The lowest BCUT2D eigenvalue weighted by atomic mass is 9.94. The van der Waals surface area contributed by atoms with E-state index in [9.17, 15) is 0 Å². The van der Waals surface area contributed by atoms with Crippen molar-refractivity contribution < 1.29 is 0 Å². The first kappa shape index (κ1) is 14.2. The van der Waals surface area contributed by atoms with Gasteiger partial charge >= 0.3 is 0 Å². The van der Waals surface area contributed by atoms with Gasteiger partial charge < -0.3 is 0 Å². The predicted octanol–water partition coefficient (Wildman–Crippen LogP) is 5.01. The molecule has 0 atom stereocenters. The van der Waals surface area contributed by atoms with Crippen LogP contribution < -0.4 is 0 Å². The molecule has 4 heteroatoms. The highest BCUT2D eigenvalue weighted by Crippen LogP contribution is 2.34. The fraction of sp³-hybridized carbons (Fsp3) is 0.250. The quantitative estimate of drug-likeness (QED) is 0.717. The molecule has 2 aromatic rings. The summed E-state index contributed by atoms with van der Waals surface area (Å²) in [6, 6.07) is 16.2. The zero-order chi connectivity index (χ0) is 14.1. The molecule has 0 bridgehead atoms. The van der Waals surface area contributed by atoms with Gasteiger partial charge in [0, 0.05) is 23.1 Å². The minimum absolute atomic E-state index is 0.208. The standard InChI is InChI=1S/C16H14Cl3N/c17-13-5-1-11(2-6-13)16(20-9-15(19)10-20)12-3-7-14(18)8-4-12/h1-8,15-16H,9-10H2. The van der Waals surface area contributed by atoms with E-state index in [0.717, 1.165) is 23.1 Å². The van der Waals surface area contributed by atoms with Crippen molar-refractivity contribution in [2.75, 3.05) is 13.1 Å². The van der Waals surface area contributed by atoms with E-state index in [1.807, 2.05) is 24.3 Å². The van der Waals surface area contributed by atoms with Gasteiger partial charge in [-0.15, -0.1) is 11.6 Å². The highest BCUT2D eigenvalue weighted by molar-refractivity contribution is 6.30. The summed E-state index contributed by atoms with van der Waals surface area (Å²) in [5.74, 6) is 0. The van der Waals surface area contributed by atoms with Gasteiger partial charge in [-0.2, -0.15) is 0 Å². The number of alkyl halides is 1. The van der Waals surface area contributed by atoms with Gasteiger partial charge in [0.15, 0.2) is 0 Å². The van der Waals surface area contributed by atoms with Crippen LogP contribution in [0.25, 0.3) is 0 Å². The molecular weight excluding hydrogens is 313 g/mol. The lowest BCUT2D eigenvalue weighted by molar-refractivity contribution is 0.145. The Kier molecular flexibility index (Phi) is 4.23. The second kappa shape index (κ2) is 5.95. The molecule has 0 aliphatic carbocycles. The Morgan fingerprint density at radius 1 is 0.800 bits per heavy atom. The van der Waals surface area contributed by atoms with Crippen LogP contribution >= 0.6 is 34.8 Å². The number of halogens is 3. The van der Waals surface area contributed by atoms with Crippen LogP contribution in [0.1, 0.15) is 17.2 Å². The van der Waals surface area contributed by atoms with Crippen LogP contribution in [-0.4, -0.2) is 23.4 Å². The molecule has 2 aromatic carbocycles. The lowest BCUT2D eigenvalue weighted by Crippen LogP contribution is -2.49. The predicted molar refractivity (Wildman–Crippen MR) is 86.0 cm³/mol. The summed E-state index contributed by atoms with van der Waals surface area (Å²) < 4.78 is 0. The van der Waals surface area contributed by atoms with Gasteiger partial charge in [-0.05, 0) is 35.4 Å². The van der Waals surface area contributed by atoms with E-state index >= 15 is 0 Å². The van der Waals surface area contributed by atoms with Crippen LogP contribution in [0.3, 0.4) is 0 Å². The maximum Gasteiger partial charge on any atom is 0.0602 e. The third-order valence-electron chi connectivity index (χ3n) is 3.60. The van der Waals surface area contributed by atoms with Crippen LogP contribution in [0.4, 0.5) is 0 Å². The maximum atomic E-state index is 6.13. The van der Waals surface area contributed by atoms with E-state index in [-0.39, 0.29) is 11.4 Å². The van der Waals surface area contributed by atoms with Gasteiger partial charge in [-0.3, -0.25) is 4.90 Å². The first-order valence-corrected chi connectivity index (χ1v) is 7.72. The van der Waals surface area contributed by atoms with Crippen LogP contribution in [0.15, 0.2) is 48.5 Å². The number of rotatable bonds is 3. The number of likely N-dealkylation sites (tertiary alicyclic amines) is 1. The SMILES string of the molecule is Clc1ccc(C(c2ccc(Cl)cc2)N2CC(Cl)C2)cc1. The zero-order valence-corrected chi connectivity index (χ0v) is 13.0. The molecule has 1 nitrogen and oxygen atoms in total. The van der Waals surface area contributed by atoms with Crippen molar-refractivity contribution in [3.8, 4) is 0 Å². The second-order valence-corrected chi connectivity index (χ2v) is 6.55. The fourth-order valence-electron chi connectivity index (χ4n) is 2.57. The van der Waals surface area contributed by atoms with E-state index in [1.54, 1.807) is 0 Å². The third-order valence-corrected chi connectivity index (χ3v) is 4.38. The molecule has 0 aromatic heterocycles. The number of nitrogens with zero attached hydrogens (tertiary/aromatic N) is 1. The van der Waals surface area contributed by atoms with Crippen molar-refractivity contribution in [1.82, 2.24) is 4.90 Å². The topological polar surface area (TPSA) is 3.24 Å². The Labute approximate surface area is 134 Å². The molecule has 0 amide bonds. The fourth-order valence-corrected chi connectivity index (χ4v) is 3.18. The minimum Gasteiger partial charge on any atom is -0.289 e. The summed E-state index contributed by atoms with van der Waals surface area (Å²) in [5, 5.41) is 1.75. The van der Waals surface area contributed by atoms with E-state index < -0.39 is 0 Å². The van der Waals surface area contributed by atoms with Gasteiger partial charge in [-0.25, -0.2) is 0 Å². The molecular formula is C16H14Cl3N. The van der Waals surface area contributed by atoms with E-state index in [4.69, 9.17) is 34.8 Å². The average Bonchev–Trinajstić information content (AvgIpc) is 2.41. The first-order valence-electron chi connectivity index (χ1n) is 6.52. The Bertz CT molecular complexity index is 528. The number of hydrogen-bond donors (Lipinski definition) is 0. The van der Waals surface area contributed by atoms with Crippen LogP contribution in [0.2, 0.25) is 10.0 Å². The van der Waals surface area contributed by atoms with Gasteiger partial charge in [0.1, 0.15) is 0 Å². The zero-order valence-electron chi connectivity index (χ0n) is 10.8. The molecule has 1 aliphatic rings. The van der Waals surface area contributed by atoms with E-state index in [1.165, 1.54) is 11.1 Å². The van der Waals surface area contributed by atoms with Crippen molar-refractivity contribution in [2.24, 2.45) is 0 Å². The molecule has 1 fully saturated rings. The molecule has 0 radical (unpaired) electrons. The summed E-state index contributed by atoms with van der Waals surface area (Å²) in [7, 11) is 0. The summed E-state index contributed by atoms with van der Waals surface area (Å²) >= 11 is 18.1. The highest BCUT2D eigenvalue weighted by atomic mass is 35.5. The van der Waals surface area contributed by atoms with Gasteiger partial charge in [0.25, 0.3) is 0 Å². The minimum atomic E-state index is 0.208. The Morgan fingerprint density at radius 2 is 1.20 bits per heavy atom. The molecule has 1 heterocycles. The number of hydrogen-bond acceptors (Lipinski definition) is 1. The molecule has 1 aliphatic heterocycles. The van der Waals surface area contributed by atoms with Crippen LogP contribution in [-0.2, 0) is 0 Å². The molecule has 0 saturated carbocycles. The van der Waals surface area contributed by atoms with Crippen molar-refractivity contribution in [2.45, 2.75) is 11.4 Å². The van der Waals surface area contributed by atoms with Crippen molar-refractivity contribution in [3.63, 3.8) is 0 Å². The maximum absolute atomic E-state index is 6.13. The molecule has 0 spiro atoms. The molecule has 3 rings (SSSR count). The largest absolute Gasteiger partial charge is 0.289 e. The molecule has 0 unspecified atom stereocenters. The van der Waals surface area contributed by atoms with Gasteiger partial charge in [0.05, 0.1) is 11.4 Å². The van der Waals surface area contributed by atoms with E-state index in [0.29, 0.717) is 0 Å². The molecule has 0 N–H and O–H groups in total. The van der Waals surface area contributed by atoms with Crippen LogP contribution in [0, 0.1) is 0 Å². The normalized spacial score (nSPS) is 16.4. The average molecular weight is 327 g/mol. The van der Waals surface area contributed by atoms with Crippen molar-refractivity contribution in [3.05, 3.63) is 69.7 Å². The molecule has 104 valence electrons. The summed E-state index contributed by atoms with van der Waals surface area (Å²) in [6.07, 6.45) is 0. The second-order valence-electron chi connectivity index (χ2n) is 5.06. The van der Waals surface area contributed by atoms with Crippen LogP contribution in [0.5, 0.6) is 0 Å². The Morgan fingerprint density at radius 3 is 1.55 bits per heavy atom. The molecule has 1 saturated heterocycles. The summed E-state index contributed by atoms with van der Waals surface area (Å²) in [5.41, 5.74) is 2.44. The van der Waals surface area contributed by atoms with Gasteiger partial charge in [-0.1, -0.05) is 47.5 Å².